The molecule has 2 rings (SSSR count). The molecule has 0 aliphatic heterocycles. The number of aromatic amines is 1. The number of aryl methyl sites for hydroxylation is 1. The summed E-state index contributed by atoms with van der Waals surface area (Å²) in [5.74, 6) is -1.32. The number of hydrogen-bond acceptors (Lipinski definition) is 4. The minimum Gasteiger partial charge on any atom is -0.398 e. The van der Waals surface area contributed by atoms with Crippen LogP contribution in [-0.4, -0.2) is 15.2 Å². The van der Waals surface area contributed by atoms with Gasteiger partial charge < -0.3 is 5.73 Å². The summed E-state index contributed by atoms with van der Waals surface area (Å²) in [5.41, 5.74) is 5.71. The number of H-pyrrole nitrogens is 1. The van der Waals surface area contributed by atoms with Crippen molar-refractivity contribution < 1.29 is 8.78 Å². The first-order valence-electron chi connectivity index (χ1n) is 4.38. The van der Waals surface area contributed by atoms with Crippen LogP contribution in [-0.2, 0) is 0 Å². The molecule has 1 heterocycles. The summed E-state index contributed by atoms with van der Waals surface area (Å²) < 4.78 is 26.4. The fourth-order valence-electron chi connectivity index (χ4n) is 1.11. The van der Waals surface area contributed by atoms with Crippen LogP contribution < -0.4 is 5.73 Å². The molecule has 1 aromatic carbocycles. The Morgan fingerprint density at radius 2 is 2.12 bits per heavy atom. The molecule has 0 fully saturated rings. The molecule has 7 heteroatoms. The van der Waals surface area contributed by atoms with E-state index in [1.807, 2.05) is 0 Å². The van der Waals surface area contributed by atoms with Crippen LogP contribution in [0, 0.1) is 18.6 Å². The molecule has 0 amide bonds. The Kier molecular flexibility index (Phi) is 2.78. The molecule has 0 bridgehead atoms. The lowest BCUT2D eigenvalue weighted by Gasteiger charge is -2.04. The Morgan fingerprint density at radius 3 is 2.75 bits per heavy atom. The van der Waals surface area contributed by atoms with Crippen molar-refractivity contribution in [3.05, 3.63) is 29.6 Å². The molecule has 0 saturated heterocycles. The molecule has 0 aliphatic carbocycles. The van der Waals surface area contributed by atoms with Crippen molar-refractivity contribution in [2.45, 2.75) is 17.0 Å². The lowest BCUT2D eigenvalue weighted by Crippen LogP contribution is -1.95. The quantitative estimate of drug-likeness (QED) is 0.791. The van der Waals surface area contributed by atoms with E-state index in [9.17, 15) is 8.78 Å². The van der Waals surface area contributed by atoms with Crippen LogP contribution in [0.3, 0.4) is 0 Å². The Bertz CT molecular complexity index is 526. The van der Waals surface area contributed by atoms with Crippen molar-refractivity contribution in [2.75, 3.05) is 5.73 Å². The number of nitrogens with one attached hydrogen (secondary N) is 1. The third-order valence-electron chi connectivity index (χ3n) is 1.85. The van der Waals surface area contributed by atoms with Gasteiger partial charge in [-0.25, -0.2) is 13.8 Å². The Hall–Kier alpha value is -1.63. The van der Waals surface area contributed by atoms with Gasteiger partial charge in [0.25, 0.3) is 0 Å². The van der Waals surface area contributed by atoms with E-state index in [0.29, 0.717) is 11.0 Å². The first-order valence-corrected chi connectivity index (χ1v) is 5.20. The molecule has 0 spiro atoms. The zero-order valence-electron chi connectivity index (χ0n) is 8.29. The number of anilines is 1. The van der Waals surface area contributed by atoms with E-state index < -0.39 is 11.6 Å². The standard InChI is InChI=1S/C9H8F2N4S/c1-4-13-9(15-14-4)16-8-6(12)3-2-5(10)7(8)11/h2-3H,12H2,1H3,(H,13,14,15). The summed E-state index contributed by atoms with van der Waals surface area (Å²) in [6.07, 6.45) is 0. The SMILES string of the molecule is Cc1nc(Sc2c(N)ccc(F)c2F)n[nH]1. The number of rotatable bonds is 2. The van der Waals surface area contributed by atoms with E-state index >= 15 is 0 Å². The first kappa shape index (κ1) is 10.9. The third kappa shape index (κ3) is 1.99. The maximum absolute atomic E-state index is 13.4. The lowest BCUT2D eigenvalue weighted by molar-refractivity contribution is 0.492. The number of benzene rings is 1. The van der Waals surface area contributed by atoms with E-state index in [4.69, 9.17) is 5.73 Å². The van der Waals surface area contributed by atoms with Crippen LogP contribution in [0.25, 0.3) is 0 Å². The van der Waals surface area contributed by atoms with Gasteiger partial charge in [-0.2, -0.15) is 0 Å². The summed E-state index contributed by atoms with van der Waals surface area (Å²) >= 11 is 0.882. The lowest BCUT2D eigenvalue weighted by atomic mass is 10.3. The van der Waals surface area contributed by atoms with Crippen molar-refractivity contribution in [1.29, 1.82) is 0 Å². The zero-order chi connectivity index (χ0) is 11.7. The Morgan fingerprint density at radius 1 is 1.38 bits per heavy atom. The van der Waals surface area contributed by atoms with E-state index in [0.717, 1.165) is 17.8 Å². The average molecular weight is 242 g/mol. The van der Waals surface area contributed by atoms with Gasteiger partial charge in [-0.3, -0.25) is 5.10 Å². The van der Waals surface area contributed by atoms with Crippen LogP contribution in [0.5, 0.6) is 0 Å². The molecule has 84 valence electrons. The predicted octanol–water partition coefficient (Wildman–Crippen LogP) is 2.12. The second-order valence-electron chi connectivity index (χ2n) is 3.09. The van der Waals surface area contributed by atoms with Gasteiger partial charge in [0.15, 0.2) is 11.6 Å². The highest BCUT2D eigenvalue weighted by atomic mass is 32.2. The Labute approximate surface area is 94.3 Å². The first-order chi connectivity index (χ1) is 7.58. The highest BCUT2D eigenvalue weighted by Gasteiger charge is 2.15. The minimum atomic E-state index is -0.979. The molecule has 1 aromatic heterocycles. The van der Waals surface area contributed by atoms with Crippen LogP contribution in [0.4, 0.5) is 14.5 Å². The van der Waals surface area contributed by atoms with Crippen molar-refractivity contribution in [2.24, 2.45) is 0 Å². The van der Waals surface area contributed by atoms with Gasteiger partial charge in [-0.05, 0) is 30.8 Å². The van der Waals surface area contributed by atoms with Gasteiger partial charge in [0, 0.05) is 5.69 Å². The zero-order valence-corrected chi connectivity index (χ0v) is 9.11. The molecule has 2 aromatic rings. The van der Waals surface area contributed by atoms with Crippen molar-refractivity contribution in [3.63, 3.8) is 0 Å². The number of nitrogens with two attached hydrogens (primary N) is 1. The number of halogens is 2. The maximum atomic E-state index is 13.4. The average Bonchev–Trinajstić information content (AvgIpc) is 2.65. The summed E-state index contributed by atoms with van der Waals surface area (Å²) in [4.78, 5) is 3.97. The smallest absolute Gasteiger partial charge is 0.213 e. The van der Waals surface area contributed by atoms with E-state index in [1.165, 1.54) is 6.07 Å². The van der Waals surface area contributed by atoms with Gasteiger partial charge in [0.1, 0.15) is 5.82 Å². The fraction of sp³-hybridized carbons (Fsp3) is 0.111. The molecule has 0 unspecified atom stereocenters. The molecular weight excluding hydrogens is 234 g/mol. The molecule has 0 atom stereocenters. The number of nitrogen functional groups attached to an aromatic ring is 1. The van der Waals surface area contributed by atoms with Crippen LogP contribution >= 0.6 is 11.8 Å². The molecule has 16 heavy (non-hydrogen) atoms. The minimum absolute atomic E-state index is 0.000926. The number of aromatic nitrogens is 3. The molecule has 3 N–H and O–H groups in total. The third-order valence-corrected chi connectivity index (χ3v) is 2.83. The van der Waals surface area contributed by atoms with Crippen molar-refractivity contribution in [1.82, 2.24) is 15.2 Å². The van der Waals surface area contributed by atoms with Gasteiger partial charge >= 0.3 is 0 Å². The predicted molar refractivity (Wildman–Crippen MR) is 56.0 cm³/mol. The Balaban J connectivity index is 2.37. The van der Waals surface area contributed by atoms with Crippen molar-refractivity contribution in [3.8, 4) is 0 Å². The maximum Gasteiger partial charge on any atom is 0.213 e. The van der Waals surface area contributed by atoms with Crippen LogP contribution in [0.15, 0.2) is 22.2 Å². The normalized spacial score (nSPS) is 10.7. The summed E-state index contributed by atoms with van der Waals surface area (Å²) in [6.45, 7) is 1.71. The van der Waals surface area contributed by atoms with Gasteiger partial charge in [-0.1, -0.05) is 0 Å². The van der Waals surface area contributed by atoms with Gasteiger partial charge in [0.2, 0.25) is 5.16 Å². The van der Waals surface area contributed by atoms with Crippen LogP contribution in [0.1, 0.15) is 5.82 Å². The van der Waals surface area contributed by atoms with E-state index in [-0.39, 0.29) is 10.6 Å². The summed E-state index contributed by atoms with van der Waals surface area (Å²) in [5, 5.41) is 6.71. The fourth-order valence-corrected chi connectivity index (χ4v) is 1.94. The summed E-state index contributed by atoms with van der Waals surface area (Å²) in [7, 11) is 0. The number of hydrogen-bond donors (Lipinski definition) is 2. The monoisotopic (exact) mass is 242 g/mol. The second-order valence-corrected chi connectivity index (χ2v) is 4.06. The number of nitrogens with zero attached hydrogens (tertiary/aromatic N) is 2. The van der Waals surface area contributed by atoms with Gasteiger partial charge in [-0.15, -0.1) is 5.10 Å². The van der Waals surface area contributed by atoms with Gasteiger partial charge in [0.05, 0.1) is 4.90 Å². The molecule has 0 saturated carbocycles. The topological polar surface area (TPSA) is 67.6 Å². The van der Waals surface area contributed by atoms with E-state index in [1.54, 1.807) is 6.92 Å². The second kappa shape index (κ2) is 4.09. The molecule has 4 nitrogen and oxygen atoms in total. The molecule has 0 aliphatic rings. The van der Waals surface area contributed by atoms with Crippen molar-refractivity contribution >= 4 is 17.4 Å². The van der Waals surface area contributed by atoms with E-state index in [2.05, 4.69) is 15.2 Å². The van der Waals surface area contributed by atoms with Crippen LogP contribution in [0.2, 0.25) is 0 Å². The summed E-state index contributed by atoms with van der Waals surface area (Å²) in [6, 6.07) is 2.29. The largest absolute Gasteiger partial charge is 0.398 e. The molecular formula is C9H8F2N4S. The highest BCUT2D eigenvalue weighted by molar-refractivity contribution is 7.99. The molecule has 0 radical (unpaired) electrons. The highest BCUT2D eigenvalue weighted by Crippen LogP contribution is 2.33.